The first kappa shape index (κ1) is 8.06. The lowest BCUT2D eigenvalue weighted by atomic mass is 9.81. The fourth-order valence-corrected chi connectivity index (χ4v) is 1.63. The zero-order chi connectivity index (χ0) is 7.78. The van der Waals surface area contributed by atoms with Gasteiger partial charge in [-0.3, -0.25) is 0 Å². The molecule has 0 heterocycles. The Labute approximate surface area is 64.2 Å². The van der Waals surface area contributed by atoms with Crippen molar-refractivity contribution in [2.24, 2.45) is 5.92 Å². The predicted molar refractivity (Wildman–Crippen MR) is 45.1 cm³/mol. The van der Waals surface area contributed by atoms with Gasteiger partial charge in [0.25, 0.3) is 0 Å². The number of hydrogen-bond acceptors (Lipinski definition) is 1. The lowest BCUT2D eigenvalue weighted by Gasteiger charge is -2.38. The highest BCUT2D eigenvalue weighted by atomic mass is 15.0. The first-order valence-electron chi connectivity index (χ1n) is 4.25. The number of rotatable bonds is 1. The summed E-state index contributed by atoms with van der Waals surface area (Å²) in [5, 5.41) is 3.59. The van der Waals surface area contributed by atoms with Gasteiger partial charge in [0.1, 0.15) is 0 Å². The Balaban J connectivity index is 2.16. The van der Waals surface area contributed by atoms with Gasteiger partial charge in [-0.15, -0.1) is 0 Å². The van der Waals surface area contributed by atoms with E-state index in [1.807, 2.05) is 0 Å². The molecule has 0 unspecified atom stereocenters. The maximum absolute atomic E-state index is 3.59. The molecule has 1 heteroatoms. The summed E-state index contributed by atoms with van der Waals surface area (Å²) in [7, 11) is 0. The van der Waals surface area contributed by atoms with Gasteiger partial charge in [0, 0.05) is 11.6 Å². The monoisotopic (exact) mass is 141 g/mol. The second kappa shape index (κ2) is 2.54. The van der Waals surface area contributed by atoms with Crippen LogP contribution in [0.3, 0.4) is 0 Å². The van der Waals surface area contributed by atoms with E-state index in [-0.39, 0.29) is 0 Å². The summed E-state index contributed by atoms with van der Waals surface area (Å²) in [6, 6.07) is 0.801. The van der Waals surface area contributed by atoms with Gasteiger partial charge >= 0.3 is 0 Å². The lowest BCUT2D eigenvalue weighted by molar-refractivity contribution is 0.199. The summed E-state index contributed by atoms with van der Waals surface area (Å²) in [4.78, 5) is 0. The van der Waals surface area contributed by atoms with E-state index in [4.69, 9.17) is 0 Å². The molecule has 0 saturated heterocycles. The van der Waals surface area contributed by atoms with Gasteiger partial charge in [0.15, 0.2) is 0 Å². The van der Waals surface area contributed by atoms with Crippen LogP contribution in [0.25, 0.3) is 0 Å². The Bertz CT molecular complexity index is 106. The Hall–Kier alpha value is -0.0400. The van der Waals surface area contributed by atoms with Crippen LogP contribution in [0.1, 0.15) is 40.5 Å². The largest absolute Gasteiger partial charge is 0.309 e. The summed E-state index contributed by atoms with van der Waals surface area (Å²) < 4.78 is 0. The van der Waals surface area contributed by atoms with E-state index in [1.54, 1.807) is 0 Å². The summed E-state index contributed by atoms with van der Waals surface area (Å²) in [5.74, 6) is 0.958. The van der Waals surface area contributed by atoms with E-state index in [9.17, 15) is 0 Å². The van der Waals surface area contributed by atoms with Gasteiger partial charge in [-0.2, -0.15) is 0 Å². The molecular weight excluding hydrogens is 122 g/mol. The molecule has 1 fully saturated rings. The molecule has 0 amide bonds. The topological polar surface area (TPSA) is 12.0 Å². The second-order valence-corrected chi connectivity index (χ2v) is 4.67. The molecule has 1 nitrogen and oxygen atoms in total. The van der Waals surface area contributed by atoms with Gasteiger partial charge in [0.2, 0.25) is 0 Å². The first-order valence-corrected chi connectivity index (χ1v) is 4.25. The Morgan fingerprint density at radius 3 is 2.00 bits per heavy atom. The minimum atomic E-state index is 0.310. The van der Waals surface area contributed by atoms with Crippen LogP contribution in [0.5, 0.6) is 0 Å². The number of nitrogens with one attached hydrogen (secondary N) is 1. The SMILES string of the molecule is CC(C)(C)N[C@H]1C[C@H](C)C1. The van der Waals surface area contributed by atoms with Gasteiger partial charge in [-0.25, -0.2) is 0 Å². The van der Waals surface area contributed by atoms with Crippen LogP contribution in [0.2, 0.25) is 0 Å². The lowest BCUT2D eigenvalue weighted by Crippen LogP contribution is -2.49. The minimum Gasteiger partial charge on any atom is -0.309 e. The van der Waals surface area contributed by atoms with Crippen molar-refractivity contribution in [3.63, 3.8) is 0 Å². The summed E-state index contributed by atoms with van der Waals surface area (Å²) in [5.41, 5.74) is 0.310. The molecule has 0 atom stereocenters. The maximum Gasteiger partial charge on any atom is 0.00991 e. The van der Waals surface area contributed by atoms with E-state index in [1.165, 1.54) is 12.8 Å². The van der Waals surface area contributed by atoms with Gasteiger partial charge in [-0.1, -0.05) is 6.92 Å². The van der Waals surface area contributed by atoms with Gasteiger partial charge in [-0.05, 0) is 39.5 Å². The fraction of sp³-hybridized carbons (Fsp3) is 1.00. The van der Waals surface area contributed by atoms with Crippen molar-refractivity contribution >= 4 is 0 Å². The van der Waals surface area contributed by atoms with E-state index >= 15 is 0 Å². The molecule has 1 N–H and O–H groups in total. The second-order valence-electron chi connectivity index (χ2n) is 4.67. The Kier molecular flexibility index (Phi) is 2.04. The average molecular weight is 141 g/mol. The quantitative estimate of drug-likeness (QED) is 0.590. The van der Waals surface area contributed by atoms with Crippen molar-refractivity contribution in [1.29, 1.82) is 0 Å². The minimum absolute atomic E-state index is 0.310. The Morgan fingerprint density at radius 1 is 1.20 bits per heavy atom. The van der Waals surface area contributed by atoms with Crippen molar-refractivity contribution in [1.82, 2.24) is 5.32 Å². The summed E-state index contributed by atoms with van der Waals surface area (Å²) in [6.45, 7) is 9.02. The van der Waals surface area contributed by atoms with E-state index in [0.717, 1.165) is 12.0 Å². The molecule has 0 aromatic heterocycles. The van der Waals surface area contributed by atoms with Crippen molar-refractivity contribution in [2.45, 2.75) is 52.1 Å². The van der Waals surface area contributed by atoms with Crippen LogP contribution >= 0.6 is 0 Å². The zero-order valence-electron chi connectivity index (χ0n) is 7.57. The van der Waals surface area contributed by atoms with Crippen LogP contribution in [-0.4, -0.2) is 11.6 Å². The predicted octanol–water partition coefficient (Wildman–Crippen LogP) is 2.17. The third-order valence-corrected chi connectivity index (χ3v) is 2.01. The van der Waals surface area contributed by atoms with E-state index in [0.29, 0.717) is 5.54 Å². The smallest absolute Gasteiger partial charge is 0.00991 e. The van der Waals surface area contributed by atoms with Gasteiger partial charge in [0.05, 0.1) is 0 Å². The van der Waals surface area contributed by atoms with Crippen molar-refractivity contribution in [2.75, 3.05) is 0 Å². The first-order chi connectivity index (χ1) is 4.47. The van der Waals surface area contributed by atoms with Crippen LogP contribution in [0.4, 0.5) is 0 Å². The molecule has 0 spiro atoms. The molecule has 1 aliphatic rings. The highest BCUT2D eigenvalue weighted by Crippen LogP contribution is 2.27. The van der Waals surface area contributed by atoms with Crippen LogP contribution in [-0.2, 0) is 0 Å². The molecule has 1 aliphatic carbocycles. The van der Waals surface area contributed by atoms with E-state index in [2.05, 4.69) is 33.0 Å². The molecule has 10 heavy (non-hydrogen) atoms. The van der Waals surface area contributed by atoms with Crippen molar-refractivity contribution in [3.05, 3.63) is 0 Å². The summed E-state index contributed by atoms with van der Waals surface area (Å²) in [6.07, 6.45) is 2.74. The maximum atomic E-state index is 3.59. The molecule has 1 saturated carbocycles. The molecule has 0 aromatic rings. The highest BCUT2D eigenvalue weighted by Gasteiger charge is 2.27. The molecular formula is C9H19N. The van der Waals surface area contributed by atoms with Crippen molar-refractivity contribution < 1.29 is 0 Å². The normalized spacial score (nSPS) is 33.6. The Morgan fingerprint density at radius 2 is 1.70 bits per heavy atom. The molecule has 0 bridgehead atoms. The van der Waals surface area contributed by atoms with Crippen LogP contribution in [0.15, 0.2) is 0 Å². The van der Waals surface area contributed by atoms with Gasteiger partial charge < -0.3 is 5.32 Å². The summed E-state index contributed by atoms with van der Waals surface area (Å²) >= 11 is 0. The number of hydrogen-bond donors (Lipinski definition) is 1. The third kappa shape index (κ3) is 2.30. The molecule has 0 aliphatic heterocycles. The fourth-order valence-electron chi connectivity index (χ4n) is 1.63. The third-order valence-electron chi connectivity index (χ3n) is 2.01. The molecule has 1 rings (SSSR count). The van der Waals surface area contributed by atoms with Crippen LogP contribution in [0, 0.1) is 5.92 Å². The van der Waals surface area contributed by atoms with Crippen molar-refractivity contribution in [3.8, 4) is 0 Å². The van der Waals surface area contributed by atoms with Crippen LogP contribution < -0.4 is 5.32 Å². The standard InChI is InChI=1S/C9H19N/c1-7-5-8(6-7)10-9(2,3)4/h7-8,10H,5-6H2,1-4H3/t7-,8-. The molecule has 0 aromatic carbocycles. The molecule has 60 valence electrons. The average Bonchev–Trinajstić information content (AvgIpc) is 1.57. The van der Waals surface area contributed by atoms with E-state index < -0.39 is 0 Å². The zero-order valence-corrected chi connectivity index (χ0v) is 7.57. The highest BCUT2D eigenvalue weighted by molar-refractivity contribution is 4.87. The molecule has 0 radical (unpaired) electrons.